The Morgan fingerprint density at radius 1 is 1.26 bits per heavy atom. The number of rotatable bonds is 7. The molecule has 5 rings (SSSR count). The van der Waals surface area contributed by atoms with E-state index in [2.05, 4.69) is 31.4 Å². The monoisotopic (exact) mass is 490 g/mol. The van der Waals surface area contributed by atoms with E-state index in [9.17, 15) is 9.90 Å². The Hall–Kier alpha value is -4.18. The summed E-state index contributed by atoms with van der Waals surface area (Å²) in [6.07, 6.45) is 5.45. The maximum atomic E-state index is 11.3. The van der Waals surface area contributed by atoms with Crippen molar-refractivity contribution in [3.8, 4) is 11.1 Å². The number of carbonyl (C=O) groups is 1. The van der Waals surface area contributed by atoms with Gasteiger partial charge in [0.1, 0.15) is 11.6 Å². The molecule has 0 radical (unpaired) electrons. The largest absolute Gasteiger partial charge is 0.481 e. The lowest BCUT2D eigenvalue weighted by Crippen LogP contribution is -2.23. The number of para-hydroxylation sites is 1. The Labute approximate surface area is 206 Å². The summed E-state index contributed by atoms with van der Waals surface area (Å²) in [5.41, 5.74) is 10.4. The maximum absolute atomic E-state index is 11.3. The van der Waals surface area contributed by atoms with Crippen LogP contribution in [0.3, 0.4) is 0 Å². The van der Waals surface area contributed by atoms with Crippen molar-refractivity contribution in [2.45, 2.75) is 12.3 Å². The molecule has 35 heavy (non-hydrogen) atoms. The van der Waals surface area contributed by atoms with Crippen LogP contribution in [0.25, 0.3) is 11.1 Å². The van der Waals surface area contributed by atoms with E-state index in [0.717, 1.165) is 22.5 Å². The second kappa shape index (κ2) is 9.22. The lowest BCUT2D eigenvalue weighted by Gasteiger charge is -2.25. The van der Waals surface area contributed by atoms with Crippen molar-refractivity contribution in [3.63, 3.8) is 0 Å². The number of aliphatic carboxylic acids is 1. The van der Waals surface area contributed by atoms with Crippen molar-refractivity contribution in [2.24, 2.45) is 7.05 Å². The second-order valence-corrected chi connectivity index (χ2v) is 8.66. The number of aromatic nitrogens is 5. The summed E-state index contributed by atoms with van der Waals surface area (Å²) in [5.74, 6) is 0.314. The number of nitrogen functional groups attached to an aromatic ring is 1. The Bertz CT molecular complexity index is 1410. The van der Waals surface area contributed by atoms with Gasteiger partial charge in [-0.15, -0.1) is 0 Å². The van der Waals surface area contributed by atoms with Gasteiger partial charge in [0, 0.05) is 61.2 Å². The van der Waals surface area contributed by atoms with Crippen molar-refractivity contribution >= 4 is 40.8 Å². The minimum atomic E-state index is -0.924. The van der Waals surface area contributed by atoms with Crippen LogP contribution in [-0.2, 0) is 11.8 Å². The number of nitrogens with two attached hydrogens (primary N) is 1. The lowest BCUT2D eigenvalue weighted by molar-refractivity contribution is -0.136. The van der Waals surface area contributed by atoms with Gasteiger partial charge >= 0.3 is 5.97 Å². The SMILES string of the molecule is Cn1cc(-c2cnc3c(c2)C(c2cc(N(CCC(=O)O)c4ccccc4Cl)nc(N)n2)CN3)cn1. The third-order valence-electron chi connectivity index (χ3n) is 5.88. The van der Waals surface area contributed by atoms with E-state index in [-0.39, 0.29) is 24.8 Å². The molecule has 0 aliphatic carbocycles. The van der Waals surface area contributed by atoms with Crippen LogP contribution in [0.2, 0.25) is 5.02 Å². The van der Waals surface area contributed by atoms with Crippen molar-refractivity contribution in [1.82, 2.24) is 24.7 Å². The summed E-state index contributed by atoms with van der Waals surface area (Å²) in [6.45, 7) is 0.761. The minimum absolute atomic E-state index is 0.0923. The van der Waals surface area contributed by atoms with Gasteiger partial charge in [0.2, 0.25) is 5.95 Å². The van der Waals surface area contributed by atoms with Crippen molar-refractivity contribution in [1.29, 1.82) is 0 Å². The number of anilines is 4. The summed E-state index contributed by atoms with van der Waals surface area (Å²) in [7, 11) is 1.87. The fourth-order valence-electron chi connectivity index (χ4n) is 4.22. The first-order valence-corrected chi connectivity index (χ1v) is 11.4. The molecule has 178 valence electrons. The molecule has 4 aromatic rings. The smallest absolute Gasteiger partial charge is 0.305 e. The molecule has 1 aliphatic rings. The number of aryl methyl sites for hydroxylation is 1. The number of carboxylic acid groups (broad SMARTS) is 1. The summed E-state index contributed by atoms with van der Waals surface area (Å²) >= 11 is 6.45. The predicted octanol–water partition coefficient (Wildman–Crippen LogP) is 3.68. The van der Waals surface area contributed by atoms with Gasteiger partial charge < -0.3 is 21.1 Å². The summed E-state index contributed by atoms with van der Waals surface area (Å²) in [5, 5.41) is 17.4. The Balaban J connectivity index is 1.55. The molecule has 4 heterocycles. The van der Waals surface area contributed by atoms with Gasteiger partial charge in [0.15, 0.2) is 0 Å². The van der Waals surface area contributed by atoms with Crippen LogP contribution in [0.1, 0.15) is 23.6 Å². The standard InChI is InChI=1S/C24H23ClN8O2/c1-32-13-15(11-29-32)14-8-16-17(12-28-23(16)27-10-14)19-9-21(31-24(26)30-19)33(7-6-22(34)35)20-5-3-2-4-18(20)25/h2-5,8-11,13,17H,6-7,12H2,1H3,(H,27,28)(H,34,35)(H2,26,30,31). The van der Waals surface area contributed by atoms with Crippen LogP contribution in [0.15, 0.2) is 55.0 Å². The molecule has 10 nitrogen and oxygen atoms in total. The first-order chi connectivity index (χ1) is 16.9. The molecule has 0 spiro atoms. The Kier molecular flexibility index (Phi) is 5.96. The molecule has 3 aromatic heterocycles. The Morgan fingerprint density at radius 3 is 2.83 bits per heavy atom. The molecule has 0 bridgehead atoms. The molecule has 1 aliphatic heterocycles. The van der Waals surface area contributed by atoms with Gasteiger partial charge in [-0.1, -0.05) is 23.7 Å². The highest BCUT2D eigenvalue weighted by atomic mass is 35.5. The number of carboxylic acids is 1. The lowest BCUT2D eigenvalue weighted by atomic mass is 9.96. The Morgan fingerprint density at radius 2 is 2.09 bits per heavy atom. The molecule has 0 amide bonds. The van der Waals surface area contributed by atoms with Gasteiger partial charge in [-0.25, -0.2) is 9.97 Å². The zero-order valence-corrected chi connectivity index (χ0v) is 19.6. The van der Waals surface area contributed by atoms with Crippen molar-refractivity contribution in [3.05, 3.63) is 71.3 Å². The number of hydrogen-bond acceptors (Lipinski definition) is 8. The minimum Gasteiger partial charge on any atom is -0.481 e. The van der Waals surface area contributed by atoms with Gasteiger partial charge in [-0.3, -0.25) is 9.48 Å². The predicted molar refractivity (Wildman–Crippen MR) is 134 cm³/mol. The zero-order chi connectivity index (χ0) is 24.5. The molecule has 11 heteroatoms. The van der Waals surface area contributed by atoms with E-state index in [1.165, 1.54) is 0 Å². The van der Waals surface area contributed by atoms with Gasteiger partial charge in [-0.05, 0) is 18.2 Å². The van der Waals surface area contributed by atoms with Gasteiger partial charge in [0.05, 0.1) is 29.0 Å². The normalized spacial score (nSPS) is 14.4. The van der Waals surface area contributed by atoms with Crippen LogP contribution in [-0.4, -0.2) is 48.9 Å². The third kappa shape index (κ3) is 4.60. The molecule has 1 aromatic carbocycles. The van der Waals surface area contributed by atoms with Gasteiger partial charge in [0.25, 0.3) is 0 Å². The van der Waals surface area contributed by atoms with Crippen LogP contribution < -0.4 is 16.0 Å². The molecule has 1 atom stereocenters. The van der Waals surface area contributed by atoms with E-state index in [4.69, 9.17) is 17.3 Å². The first kappa shape index (κ1) is 22.6. The number of nitrogens with zero attached hydrogens (tertiary/aromatic N) is 6. The number of halogens is 1. The number of pyridine rings is 1. The topological polar surface area (TPSA) is 135 Å². The maximum Gasteiger partial charge on any atom is 0.305 e. The van der Waals surface area contributed by atoms with E-state index >= 15 is 0 Å². The van der Waals surface area contributed by atoms with Crippen LogP contribution in [0.5, 0.6) is 0 Å². The van der Waals surface area contributed by atoms with Crippen molar-refractivity contribution < 1.29 is 9.90 Å². The van der Waals surface area contributed by atoms with Crippen LogP contribution >= 0.6 is 11.6 Å². The highest BCUT2D eigenvalue weighted by Crippen LogP contribution is 2.38. The van der Waals surface area contributed by atoms with Gasteiger partial charge in [-0.2, -0.15) is 10.1 Å². The average Bonchev–Trinajstić information content (AvgIpc) is 3.45. The highest BCUT2D eigenvalue weighted by molar-refractivity contribution is 6.33. The molecule has 0 saturated heterocycles. The molecule has 0 saturated carbocycles. The quantitative estimate of drug-likeness (QED) is 0.354. The summed E-state index contributed by atoms with van der Waals surface area (Å²) in [4.78, 5) is 26.6. The summed E-state index contributed by atoms with van der Waals surface area (Å²) < 4.78 is 1.75. The van der Waals surface area contributed by atoms with Crippen LogP contribution in [0, 0.1) is 0 Å². The fourth-order valence-corrected chi connectivity index (χ4v) is 4.46. The fraction of sp³-hybridized carbons (Fsp3) is 0.208. The number of fused-ring (bicyclic) bond motifs is 1. The van der Waals surface area contributed by atoms with E-state index < -0.39 is 5.97 Å². The van der Waals surface area contributed by atoms with Crippen molar-refractivity contribution in [2.75, 3.05) is 29.0 Å². The highest BCUT2D eigenvalue weighted by Gasteiger charge is 2.28. The summed E-state index contributed by atoms with van der Waals surface area (Å²) in [6, 6.07) is 11.1. The number of nitrogens with one attached hydrogen (secondary N) is 1. The number of benzene rings is 1. The zero-order valence-electron chi connectivity index (χ0n) is 18.9. The molecule has 1 unspecified atom stereocenters. The first-order valence-electron chi connectivity index (χ1n) is 11.0. The average molecular weight is 491 g/mol. The van der Waals surface area contributed by atoms with E-state index in [0.29, 0.717) is 28.8 Å². The molecular weight excluding hydrogens is 468 g/mol. The second-order valence-electron chi connectivity index (χ2n) is 8.25. The third-order valence-corrected chi connectivity index (χ3v) is 6.20. The van der Waals surface area contributed by atoms with E-state index in [1.807, 2.05) is 43.7 Å². The molecule has 4 N–H and O–H groups in total. The molecule has 0 fully saturated rings. The molecular formula is C24H23ClN8O2. The number of hydrogen-bond donors (Lipinski definition) is 3. The van der Waals surface area contributed by atoms with Crippen LogP contribution in [0.4, 0.5) is 23.3 Å². The van der Waals surface area contributed by atoms with E-state index in [1.54, 1.807) is 21.8 Å².